The van der Waals surface area contributed by atoms with Crippen LogP contribution in [0.4, 0.5) is 5.13 Å². The molecule has 22 heavy (non-hydrogen) atoms. The van der Waals surface area contributed by atoms with E-state index in [1.54, 1.807) is 11.3 Å². The van der Waals surface area contributed by atoms with Gasteiger partial charge in [0, 0.05) is 44.1 Å². The van der Waals surface area contributed by atoms with Crippen LogP contribution in [0.2, 0.25) is 0 Å². The van der Waals surface area contributed by atoms with Crippen molar-refractivity contribution in [2.75, 3.05) is 63.9 Å². The first kappa shape index (κ1) is 15.7. The van der Waals surface area contributed by atoms with E-state index in [1.807, 2.05) is 4.90 Å². The number of nitrogens with zero attached hydrogens (tertiary/aromatic N) is 4. The highest BCUT2D eigenvalue weighted by atomic mass is 32.1. The van der Waals surface area contributed by atoms with Crippen molar-refractivity contribution in [3.05, 3.63) is 10.6 Å². The van der Waals surface area contributed by atoms with E-state index in [4.69, 9.17) is 4.74 Å². The molecule has 0 aliphatic carbocycles. The first-order valence-electron chi connectivity index (χ1n) is 7.90. The summed E-state index contributed by atoms with van der Waals surface area (Å²) in [5, 5.41) is 1.12. The Balaban J connectivity index is 1.48. The fourth-order valence-electron chi connectivity index (χ4n) is 2.79. The van der Waals surface area contributed by atoms with Crippen molar-refractivity contribution in [1.82, 2.24) is 14.8 Å². The van der Waals surface area contributed by atoms with Crippen LogP contribution in [-0.4, -0.2) is 79.7 Å². The monoisotopic (exact) mass is 324 g/mol. The molecule has 2 saturated heterocycles. The zero-order valence-electron chi connectivity index (χ0n) is 13.4. The summed E-state index contributed by atoms with van der Waals surface area (Å²) >= 11 is 1.77. The van der Waals surface area contributed by atoms with Gasteiger partial charge in [0.1, 0.15) is 0 Å². The molecule has 2 aliphatic rings. The number of morpholine rings is 1. The zero-order chi connectivity index (χ0) is 15.5. The van der Waals surface area contributed by atoms with Gasteiger partial charge in [0.15, 0.2) is 5.13 Å². The predicted molar refractivity (Wildman–Crippen MR) is 87.6 cm³/mol. The second kappa shape index (κ2) is 6.93. The first-order valence-corrected chi connectivity index (χ1v) is 8.72. The minimum absolute atomic E-state index is 0.234. The number of thiazole rings is 1. The number of amides is 1. The number of piperazine rings is 1. The lowest BCUT2D eigenvalue weighted by atomic mass is 10.3. The summed E-state index contributed by atoms with van der Waals surface area (Å²) in [4.78, 5) is 24.7. The van der Waals surface area contributed by atoms with Crippen molar-refractivity contribution in [2.24, 2.45) is 0 Å². The molecule has 1 amide bonds. The third-order valence-corrected chi connectivity index (χ3v) is 5.52. The van der Waals surface area contributed by atoms with Gasteiger partial charge >= 0.3 is 0 Å². The molecule has 2 aliphatic heterocycles. The van der Waals surface area contributed by atoms with E-state index >= 15 is 0 Å². The van der Waals surface area contributed by atoms with E-state index in [1.165, 1.54) is 4.88 Å². The highest BCUT2D eigenvalue weighted by Gasteiger charge is 2.24. The summed E-state index contributed by atoms with van der Waals surface area (Å²) in [6, 6.07) is 0. The molecule has 6 nitrogen and oxygen atoms in total. The van der Waals surface area contributed by atoms with Crippen LogP contribution >= 0.6 is 11.3 Å². The van der Waals surface area contributed by atoms with Gasteiger partial charge in [-0.15, -0.1) is 11.3 Å². The molecule has 3 heterocycles. The van der Waals surface area contributed by atoms with Gasteiger partial charge in [-0.25, -0.2) is 4.98 Å². The molecule has 2 fully saturated rings. The van der Waals surface area contributed by atoms with Crippen LogP contribution in [0.25, 0.3) is 0 Å². The Bertz CT molecular complexity index is 500. The summed E-state index contributed by atoms with van der Waals surface area (Å²) in [5.74, 6) is 0.234. The van der Waals surface area contributed by atoms with Crippen LogP contribution in [0, 0.1) is 13.8 Å². The topological polar surface area (TPSA) is 48.9 Å². The molecule has 0 N–H and O–H groups in total. The molecule has 0 saturated carbocycles. The number of carbonyl (C=O) groups excluding carboxylic acids is 1. The SMILES string of the molecule is Cc1nc(N2CCN(CC(=O)N3CCOCC3)CC2)sc1C. The van der Waals surface area contributed by atoms with E-state index < -0.39 is 0 Å². The van der Waals surface area contributed by atoms with Crippen molar-refractivity contribution in [3.8, 4) is 0 Å². The van der Waals surface area contributed by atoms with E-state index in [2.05, 4.69) is 28.6 Å². The van der Waals surface area contributed by atoms with Crippen LogP contribution < -0.4 is 4.90 Å². The number of ether oxygens (including phenoxy) is 1. The van der Waals surface area contributed by atoms with Gasteiger partial charge in [0.05, 0.1) is 25.5 Å². The second-order valence-electron chi connectivity index (χ2n) is 5.89. The molecule has 0 bridgehead atoms. The Morgan fingerprint density at radius 1 is 1.14 bits per heavy atom. The van der Waals surface area contributed by atoms with Crippen LogP contribution in [0.5, 0.6) is 0 Å². The normalized spacial score (nSPS) is 20.5. The van der Waals surface area contributed by atoms with Crippen LogP contribution in [0.3, 0.4) is 0 Å². The molecule has 0 atom stereocenters. The van der Waals surface area contributed by atoms with E-state index in [0.717, 1.165) is 50.1 Å². The largest absolute Gasteiger partial charge is 0.378 e. The Labute approximate surface area is 135 Å². The number of aromatic nitrogens is 1. The van der Waals surface area contributed by atoms with Crippen molar-refractivity contribution in [1.29, 1.82) is 0 Å². The maximum atomic E-state index is 12.3. The highest BCUT2D eigenvalue weighted by molar-refractivity contribution is 7.15. The molecule has 0 aromatic carbocycles. The third kappa shape index (κ3) is 3.59. The number of hydrogen-bond acceptors (Lipinski definition) is 6. The van der Waals surface area contributed by atoms with Gasteiger partial charge in [-0.1, -0.05) is 0 Å². The molecule has 3 rings (SSSR count). The summed E-state index contributed by atoms with van der Waals surface area (Å²) in [7, 11) is 0. The zero-order valence-corrected chi connectivity index (χ0v) is 14.2. The molecule has 0 radical (unpaired) electrons. The van der Waals surface area contributed by atoms with Crippen LogP contribution in [0.15, 0.2) is 0 Å². The summed E-state index contributed by atoms with van der Waals surface area (Å²) in [6.07, 6.45) is 0. The molecule has 7 heteroatoms. The van der Waals surface area contributed by atoms with E-state index in [9.17, 15) is 4.79 Å². The average molecular weight is 324 g/mol. The number of hydrogen-bond donors (Lipinski definition) is 0. The van der Waals surface area contributed by atoms with Crippen molar-refractivity contribution < 1.29 is 9.53 Å². The van der Waals surface area contributed by atoms with E-state index in [-0.39, 0.29) is 5.91 Å². The Hall–Kier alpha value is -1.18. The molecule has 1 aromatic rings. The van der Waals surface area contributed by atoms with Crippen LogP contribution in [0.1, 0.15) is 10.6 Å². The van der Waals surface area contributed by atoms with Gasteiger partial charge in [-0.05, 0) is 13.8 Å². The van der Waals surface area contributed by atoms with Crippen molar-refractivity contribution in [3.63, 3.8) is 0 Å². The molecular weight excluding hydrogens is 300 g/mol. The number of aryl methyl sites for hydroxylation is 2. The lowest BCUT2D eigenvalue weighted by Gasteiger charge is -2.35. The highest BCUT2D eigenvalue weighted by Crippen LogP contribution is 2.25. The molecule has 0 unspecified atom stereocenters. The van der Waals surface area contributed by atoms with Crippen LogP contribution in [-0.2, 0) is 9.53 Å². The average Bonchev–Trinajstić information content (AvgIpc) is 2.88. The fraction of sp³-hybridized carbons (Fsp3) is 0.733. The van der Waals surface area contributed by atoms with Crippen molar-refractivity contribution >= 4 is 22.4 Å². The standard InChI is InChI=1S/C15H24N4O2S/c1-12-13(2)22-15(16-12)19-5-3-17(4-6-19)11-14(20)18-7-9-21-10-8-18/h3-11H2,1-2H3. The van der Waals surface area contributed by atoms with Gasteiger partial charge in [-0.2, -0.15) is 0 Å². The lowest BCUT2D eigenvalue weighted by Crippen LogP contribution is -2.51. The van der Waals surface area contributed by atoms with E-state index in [0.29, 0.717) is 19.8 Å². The first-order chi connectivity index (χ1) is 10.6. The fourth-order valence-corrected chi connectivity index (χ4v) is 3.75. The summed E-state index contributed by atoms with van der Waals surface area (Å²) in [5.41, 5.74) is 1.13. The lowest BCUT2D eigenvalue weighted by molar-refractivity contribution is -0.136. The van der Waals surface area contributed by atoms with Gasteiger partial charge < -0.3 is 14.5 Å². The number of carbonyl (C=O) groups is 1. The second-order valence-corrected chi connectivity index (χ2v) is 7.08. The molecule has 1 aromatic heterocycles. The Morgan fingerprint density at radius 2 is 1.82 bits per heavy atom. The Morgan fingerprint density at radius 3 is 2.41 bits per heavy atom. The molecular formula is C15H24N4O2S. The summed E-state index contributed by atoms with van der Waals surface area (Å²) in [6.45, 7) is 11.3. The Kier molecular flexibility index (Phi) is 4.95. The van der Waals surface area contributed by atoms with Crippen molar-refractivity contribution in [2.45, 2.75) is 13.8 Å². The smallest absolute Gasteiger partial charge is 0.236 e. The maximum absolute atomic E-state index is 12.3. The molecule has 122 valence electrons. The maximum Gasteiger partial charge on any atom is 0.236 e. The number of anilines is 1. The van der Waals surface area contributed by atoms with Gasteiger partial charge in [0.2, 0.25) is 5.91 Å². The minimum atomic E-state index is 0.234. The summed E-state index contributed by atoms with van der Waals surface area (Å²) < 4.78 is 5.29. The quantitative estimate of drug-likeness (QED) is 0.821. The molecule has 0 spiro atoms. The predicted octanol–water partition coefficient (Wildman–Crippen LogP) is 0.741. The minimum Gasteiger partial charge on any atom is -0.378 e. The van der Waals surface area contributed by atoms with Gasteiger partial charge in [0.25, 0.3) is 0 Å². The van der Waals surface area contributed by atoms with Gasteiger partial charge in [-0.3, -0.25) is 9.69 Å². The third-order valence-electron chi connectivity index (χ3n) is 4.38. The number of rotatable bonds is 3.